The van der Waals surface area contributed by atoms with Crippen molar-refractivity contribution in [2.45, 2.75) is 212 Å². The highest BCUT2D eigenvalue weighted by Crippen LogP contribution is 2.15. The van der Waals surface area contributed by atoms with Crippen LogP contribution in [0.1, 0.15) is 200 Å². The normalized spacial score (nSPS) is 13.5. The third kappa shape index (κ3) is 48.4. The lowest BCUT2D eigenvalue weighted by Gasteiger charge is -2.26. The van der Waals surface area contributed by atoms with Gasteiger partial charge in [-0.25, -0.2) is 0 Å². The Morgan fingerprint density at radius 2 is 0.864 bits per heavy atom. The first-order valence-electron chi connectivity index (χ1n) is 26.2. The van der Waals surface area contributed by atoms with E-state index in [2.05, 4.69) is 98.9 Å². The Labute approximate surface area is 404 Å². The van der Waals surface area contributed by atoms with Crippen molar-refractivity contribution in [2.75, 3.05) is 47.5 Å². The minimum absolute atomic E-state index is 0.145. The molecule has 0 aromatic rings. The highest BCUT2D eigenvalue weighted by molar-refractivity contribution is 5.70. The number of carbonyl (C=O) groups excluding carboxylic acids is 3. The number of aliphatic carboxylic acids is 1. The van der Waals surface area contributed by atoms with Gasteiger partial charge in [0.25, 0.3) is 0 Å². The van der Waals surface area contributed by atoms with E-state index >= 15 is 0 Å². The van der Waals surface area contributed by atoms with Crippen LogP contribution in [0.25, 0.3) is 0 Å². The first-order chi connectivity index (χ1) is 32.1. The summed E-state index contributed by atoms with van der Waals surface area (Å²) in [5.41, 5.74) is 0. The molecule has 0 amide bonds. The lowest BCUT2D eigenvalue weighted by atomic mass is 10.0. The second kappa shape index (κ2) is 47.9. The van der Waals surface area contributed by atoms with Gasteiger partial charge in [0, 0.05) is 12.8 Å². The summed E-state index contributed by atoms with van der Waals surface area (Å²) in [6, 6.07) is 0. The van der Waals surface area contributed by atoms with E-state index in [1.807, 2.05) is 21.1 Å². The molecule has 0 saturated heterocycles. The number of carbonyl (C=O) groups is 3. The number of hydrogen-bond donors (Lipinski definition) is 0. The number of quaternary nitrogens is 1. The third-order valence-electron chi connectivity index (χ3n) is 10.9. The first-order valence-corrected chi connectivity index (χ1v) is 26.2. The predicted octanol–water partition coefficient (Wildman–Crippen LogP) is 13.5. The zero-order valence-electron chi connectivity index (χ0n) is 42.8. The molecule has 0 aliphatic heterocycles. The van der Waals surface area contributed by atoms with Crippen molar-refractivity contribution >= 4 is 17.9 Å². The van der Waals surface area contributed by atoms with Crippen LogP contribution in [0, 0.1) is 0 Å². The van der Waals surface area contributed by atoms with Gasteiger partial charge in [-0.2, -0.15) is 0 Å². The van der Waals surface area contributed by atoms with E-state index < -0.39 is 24.3 Å². The molecule has 378 valence electrons. The van der Waals surface area contributed by atoms with Crippen molar-refractivity contribution < 1.29 is 42.9 Å². The molecule has 0 aromatic heterocycles. The van der Waals surface area contributed by atoms with Crippen molar-refractivity contribution in [3.8, 4) is 0 Å². The largest absolute Gasteiger partial charge is 0.545 e. The standard InChI is InChI=1S/C57H97NO8/c1-6-8-10-12-14-16-17-18-19-20-21-22-23-24-25-26-27-28-29-30-31-32-33-34-35-36-37-38-39-40-42-44-46-48-55(60)66-53(52-65-57(56(61)62)63-50-49-58(3,4)5)51-64-54(59)47-45-43-41-15-13-11-9-7-2/h8,10,14,16,18-19,21-22,24-25,27-28,30-31,53,57H,6-7,9,11-13,15,17,20,23,26,29,32-52H2,1-5H3/b10-8-,16-14-,19-18-,22-21-,25-24-,28-27-,31-30-. The van der Waals surface area contributed by atoms with E-state index in [1.54, 1.807) is 0 Å². The van der Waals surface area contributed by atoms with E-state index in [9.17, 15) is 19.5 Å². The van der Waals surface area contributed by atoms with E-state index in [0.717, 1.165) is 89.9 Å². The molecular weight excluding hydrogens is 827 g/mol. The molecule has 9 nitrogen and oxygen atoms in total. The van der Waals surface area contributed by atoms with Crippen LogP contribution in [0.3, 0.4) is 0 Å². The molecule has 9 heteroatoms. The van der Waals surface area contributed by atoms with Crippen LogP contribution in [-0.4, -0.2) is 82.3 Å². The second-order valence-electron chi connectivity index (χ2n) is 18.4. The fourth-order valence-electron chi connectivity index (χ4n) is 6.87. The van der Waals surface area contributed by atoms with Crippen LogP contribution < -0.4 is 5.11 Å². The summed E-state index contributed by atoms with van der Waals surface area (Å²) in [5, 5.41) is 11.7. The number of nitrogens with zero attached hydrogens (tertiary/aromatic N) is 1. The summed E-state index contributed by atoms with van der Waals surface area (Å²) in [6.45, 7) is 4.58. The summed E-state index contributed by atoms with van der Waals surface area (Å²) in [6.07, 6.45) is 59.3. The topological polar surface area (TPSA) is 111 Å². The fourth-order valence-corrected chi connectivity index (χ4v) is 6.87. The van der Waals surface area contributed by atoms with Gasteiger partial charge in [-0.3, -0.25) is 9.59 Å². The number of carboxylic acids is 1. The zero-order chi connectivity index (χ0) is 48.4. The SMILES string of the molecule is CC/C=C\C/C=C\C/C=C\C/C=C\C/C=C\C/C=C\C/C=C\CCCCCCCCCCCCCC(=O)OC(COC(=O)CCCCCCCCCC)COC(OCC[N+](C)(C)C)C(=O)[O-]. The Hall–Kier alpha value is -3.53. The van der Waals surface area contributed by atoms with Crippen LogP contribution in [0.5, 0.6) is 0 Å². The predicted molar refractivity (Wildman–Crippen MR) is 274 cm³/mol. The van der Waals surface area contributed by atoms with Crippen molar-refractivity contribution in [3.05, 3.63) is 85.1 Å². The van der Waals surface area contributed by atoms with Crippen LogP contribution in [0.2, 0.25) is 0 Å². The minimum Gasteiger partial charge on any atom is -0.545 e. The number of allylic oxidation sites excluding steroid dienone is 14. The number of rotatable bonds is 47. The van der Waals surface area contributed by atoms with E-state index in [-0.39, 0.29) is 38.6 Å². The Kier molecular flexibility index (Phi) is 45.4. The molecule has 0 N–H and O–H groups in total. The highest BCUT2D eigenvalue weighted by Gasteiger charge is 2.22. The Bertz CT molecular complexity index is 1350. The molecule has 0 bridgehead atoms. The lowest BCUT2D eigenvalue weighted by Crippen LogP contribution is -2.44. The van der Waals surface area contributed by atoms with Crippen LogP contribution in [0.4, 0.5) is 0 Å². The monoisotopic (exact) mass is 924 g/mol. The molecule has 0 radical (unpaired) electrons. The number of hydrogen-bond acceptors (Lipinski definition) is 8. The Morgan fingerprint density at radius 1 is 0.470 bits per heavy atom. The molecule has 0 saturated carbocycles. The average Bonchev–Trinajstić information content (AvgIpc) is 3.28. The third-order valence-corrected chi connectivity index (χ3v) is 10.9. The van der Waals surface area contributed by atoms with Crippen molar-refractivity contribution in [1.82, 2.24) is 0 Å². The molecular formula is C57H97NO8. The quantitative estimate of drug-likeness (QED) is 0.0195. The van der Waals surface area contributed by atoms with Crippen LogP contribution in [0.15, 0.2) is 85.1 Å². The first kappa shape index (κ1) is 62.5. The molecule has 0 aliphatic carbocycles. The zero-order valence-corrected chi connectivity index (χ0v) is 42.8. The van der Waals surface area contributed by atoms with Gasteiger partial charge in [0.2, 0.25) is 0 Å². The van der Waals surface area contributed by atoms with Crippen LogP contribution in [-0.2, 0) is 33.3 Å². The molecule has 2 atom stereocenters. The maximum absolute atomic E-state index is 12.8. The Morgan fingerprint density at radius 3 is 1.29 bits per heavy atom. The van der Waals surface area contributed by atoms with Crippen molar-refractivity contribution in [1.29, 1.82) is 0 Å². The number of esters is 2. The summed E-state index contributed by atoms with van der Waals surface area (Å²) in [4.78, 5) is 36.9. The van der Waals surface area contributed by atoms with Gasteiger partial charge < -0.3 is 33.3 Å². The van der Waals surface area contributed by atoms with E-state index in [4.69, 9.17) is 18.9 Å². The molecule has 2 unspecified atom stereocenters. The molecule has 0 aromatic carbocycles. The van der Waals surface area contributed by atoms with Gasteiger partial charge in [0.1, 0.15) is 13.2 Å². The van der Waals surface area contributed by atoms with Crippen LogP contribution >= 0.6 is 0 Å². The van der Waals surface area contributed by atoms with Gasteiger partial charge in [0.05, 0.1) is 40.3 Å². The van der Waals surface area contributed by atoms with Gasteiger partial charge >= 0.3 is 11.9 Å². The van der Waals surface area contributed by atoms with Crippen molar-refractivity contribution in [2.24, 2.45) is 0 Å². The molecule has 0 spiro atoms. The fraction of sp³-hybridized carbons (Fsp3) is 0.702. The lowest BCUT2D eigenvalue weighted by molar-refractivity contribution is -0.870. The molecule has 66 heavy (non-hydrogen) atoms. The Balaban J connectivity index is 4.12. The van der Waals surface area contributed by atoms with Crippen molar-refractivity contribution in [3.63, 3.8) is 0 Å². The summed E-state index contributed by atoms with van der Waals surface area (Å²) >= 11 is 0. The minimum atomic E-state index is -1.62. The highest BCUT2D eigenvalue weighted by atomic mass is 16.7. The molecule has 0 fully saturated rings. The number of unbranched alkanes of at least 4 members (excludes halogenated alkanes) is 18. The van der Waals surface area contributed by atoms with Gasteiger partial charge in [-0.1, -0.05) is 202 Å². The second-order valence-corrected chi connectivity index (χ2v) is 18.4. The summed E-state index contributed by atoms with van der Waals surface area (Å²) < 4.78 is 22.5. The average molecular weight is 924 g/mol. The molecule has 0 rings (SSSR count). The van der Waals surface area contributed by atoms with Gasteiger partial charge in [-0.15, -0.1) is 0 Å². The summed E-state index contributed by atoms with van der Waals surface area (Å²) in [5.74, 6) is -2.30. The molecule has 0 aliphatic rings. The number of carboxylic acid groups (broad SMARTS) is 1. The molecule has 0 heterocycles. The van der Waals surface area contributed by atoms with Gasteiger partial charge in [-0.05, 0) is 70.6 Å². The number of likely N-dealkylation sites (N-methyl/N-ethyl adjacent to an activating group) is 1. The van der Waals surface area contributed by atoms with E-state index in [1.165, 1.54) is 77.0 Å². The maximum Gasteiger partial charge on any atom is 0.306 e. The maximum atomic E-state index is 12.8. The van der Waals surface area contributed by atoms with Gasteiger partial charge in [0.15, 0.2) is 12.4 Å². The summed E-state index contributed by atoms with van der Waals surface area (Å²) in [7, 11) is 5.90. The number of ether oxygens (including phenoxy) is 4. The van der Waals surface area contributed by atoms with E-state index in [0.29, 0.717) is 17.4 Å². The smallest absolute Gasteiger partial charge is 0.306 e.